The molecular weight excluding hydrogens is 416 g/mol. The highest BCUT2D eigenvalue weighted by Crippen LogP contribution is 2.20. The fourth-order valence-corrected chi connectivity index (χ4v) is 4.28. The molecular formula is C26H34N4OS. The van der Waals surface area contributed by atoms with Crippen molar-refractivity contribution in [3.63, 3.8) is 0 Å². The normalized spacial score (nSPS) is 11.2. The lowest BCUT2D eigenvalue weighted by Crippen LogP contribution is -2.37. The summed E-state index contributed by atoms with van der Waals surface area (Å²) in [6.07, 6.45) is 1.88. The fourth-order valence-electron chi connectivity index (χ4n) is 4.01. The molecule has 0 saturated heterocycles. The number of para-hydroxylation sites is 1. The standard InChI is InChI=1S/C26H34N4OS/c1-6-20-10-7-8-11-23(20)28-26(32)30(13-9-12-29(4)5)17-21-16-22-19(3)14-18(2)15-24(22)27-25(21)31/h7-8,10-11,14-16H,6,9,12-13,17H2,1-5H3,(H,27,31)(H,28,32). The molecule has 0 fully saturated rings. The molecule has 5 nitrogen and oxygen atoms in total. The molecule has 1 aromatic heterocycles. The van der Waals surface area contributed by atoms with Gasteiger partial charge in [0.15, 0.2) is 5.11 Å². The van der Waals surface area contributed by atoms with E-state index >= 15 is 0 Å². The van der Waals surface area contributed by atoms with E-state index in [1.54, 1.807) is 0 Å². The monoisotopic (exact) mass is 450 g/mol. The van der Waals surface area contributed by atoms with Crippen molar-refractivity contribution >= 4 is 33.9 Å². The maximum Gasteiger partial charge on any atom is 0.253 e. The second-order valence-corrected chi connectivity index (χ2v) is 9.07. The average molecular weight is 451 g/mol. The summed E-state index contributed by atoms with van der Waals surface area (Å²) in [4.78, 5) is 20.2. The first-order chi connectivity index (χ1) is 15.3. The molecule has 3 aromatic rings. The summed E-state index contributed by atoms with van der Waals surface area (Å²) >= 11 is 5.81. The smallest absolute Gasteiger partial charge is 0.253 e. The Morgan fingerprint density at radius 2 is 1.81 bits per heavy atom. The number of aromatic nitrogens is 1. The van der Waals surface area contributed by atoms with Gasteiger partial charge < -0.3 is 20.1 Å². The van der Waals surface area contributed by atoms with Crippen LogP contribution in [0.2, 0.25) is 0 Å². The molecule has 170 valence electrons. The largest absolute Gasteiger partial charge is 0.344 e. The van der Waals surface area contributed by atoms with E-state index in [0.717, 1.165) is 59.2 Å². The summed E-state index contributed by atoms with van der Waals surface area (Å²) in [5.41, 5.74) is 6.10. The molecule has 0 amide bonds. The topological polar surface area (TPSA) is 51.4 Å². The molecule has 0 unspecified atom stereocenters. The van der Waals surface area contributed by atoms with Crippen LogP contribution in [-0.2, 0) is 13.0 Å². The lowest BCUT2D eigenvalue weighted by atomic mass is 10.0. The zero-order chi connectivity index (χ0) is 23.3. The third kappa shape index (κ3) is 5.96. The van der Waals surface area contributed by atoms with Crippen LogP contribution in [0, 0.1) is 13.8 Å². The van der Waals surface area contributed by atoms with Gasteiger partial charge in [-0.25, -0.2) is 0 Å². The maximum absolute atomic E-state index is 12.9. The number of fused-ring (bicyclic) bond motifs is 1. The van der Waals surface area contributed by atoms with Gasteiger partial charge in [-0.1, -0.05) is 31.2 Å². The number of pyridine rings is 1. The second-order valence-electron chi connectivity index (χ2n) is 8.69. The van der Waals surface area contributed by atoms with Crippen molar-refractivity contribution in [3.8, 4) is 0 Å². The van der Waals surface area contributed by atoms with Crippen LogP contribution in [0.4, 0.5) is 5.69 Å². The molecule has 32 heavy (non-hydrogen) atoms. The molecule has 0 bridgehead atoms. The average Bonchev–Trinajstić information content (AvgIpc) is 2.73. The Morgan fingerprint density at radius 1 is 1.06 bits per heavy atom. The van der Waals surface area contributed by atoms with E-state index < -0.39 is 0 Å². The van der Waals surface area contributed by atoms with Crippen LogP contribution in [0.15, 0.2) is 47.3 Å². The third-order valence-electron chi connectivity index (χ3n) is 5.71. The highest BCUT2D eigenvalue weighted by Gasteiger charge is 2.15. The highest BCUT2D eigenvalue weighted by atomic mass is 32.1. The predicted molar refractivity (Wildman–Crippen MR) is 140 cm³/mol. The van der Waals surface area contributed by atoms with Gasteiger partial charge in [0.25, 0.3) is 5.56 Å². The molecule has 2 aromatic carbocycles. The Labute approximate surface area is 196 Å². The number of aromatic amines is 1. The molecule has 1 heterocycles. The Kier molecular flexibility index (Phi) is 8.04. The molecule has 0 radical (unpaired) electrons. The minimum Gasteiger partial charge on any atom is -0.344 e. The van der Waals surface area contributed by atoms with Crippen LogP contribution >= 0.6 is 12.2 Å². The first-order valence-corrected chi connectivity index (χ1v) is 11.6. The molecule has 0 aliphatic rings. The van der Waals surface area contributed by atoms with Crippen molar-refractivity contribution in [1.82, 2.24) is 14.8 Å². The molecule has 6 heteroatoms. The Morgan fingerprint density at radius 3 is 2.53 bits per heavy atom. The molecule has 0 atom stereocenters. The molecule has 2 N–H and O–H groups in total. The van der Waals surface area contributed by atoms with Crippen LogP contribution in [0.1, 0.15) is 35.6 Å². The van der Waals surface area contributed by atoms with Crippen molar-refractivity contribution in [1.29, 1.82) is 0 Å². The summed E-state index contributed by atoms with van der Waals surface area (Å²) in [6.45, 7) is 8.45. The Hall–Kier alpha value is -2.70. The van der Waals surface area contributed by atoms with Crippen LogP contribution < -0.4 is 10.9 Å². The number of nitrogens with one attached hydrogen (secondary N) is 2. The molecule has 0 spiro atoms. The Bertz CT molecular complexity index is 1150. The summed E-state index contributed by atoms with van der Waals surface area (Å²) < 4.78 is 0. The molecule has 0 saturated carbocycles. The number of aryl methyl sites for hydroxylation is 3. The number of hydrogen-bond donors (Lipinski definition) is 2. The van der Waals surface area contributed by atoms with E-state index in [-0.39, 0.29) is 5.56 Å². The van der Waals surface area contributed by atoms with Crippen LogP contribution in [0.25, 0.3) is 10.9 Å². The SMILES string of the molecule is CCc1ccccc1NC(=S)N(CCCN(C)C)Cc1cc2c(C)cc(C)cc2[nH]c1=O. The summed E-state index contributed by atoms with van der Waals surface area (Å²) in [7, 11) is 4.13. The number of rotatable bonds is 8. The predicted octanol–water partition coefficient (Wildman–Crippen LogP) is 4.86. The van der Waals surface area contributed by atoms with Gasteiger partial charge >= 0.3 is 0 Å². The van der Waals surface area contributed by atoms with E-state index in [2.05, 4.69) is 66.2 Å². The first-order valence-electron chi connectivity index (χ1n) is 11.2. The molecule has 0 aliphatic carbocycles. The fraction of sp³-hybridized carbons (Fsp3) is 0.385. The van der Waals surface area contributed by atoms with Gasteiger partial charge in [0.05, 0.1) is 6.54 Å². The maximum atomic E-state index is 12.9. The number of H-pyrrole nitrogens is 1. The first kappa shape index (κ1) is 24.0. The van der Waals surface area contributed by atoms with Crippen LogP contribution in [0.3, 0.4) is 0 Å². The van der Waals surface area contributed by atoms with Gasteiger partial charge in [0.2, 0.25) is 0 Å². The van der Waals surface area contributed by atoms with Crippen molar-refractivity contribution in [2.24, 2.45) is 0 Å². The lowest BCUT2D eigenvalue weighted by Gasteiger charge is -2.27. The van der Waals surface area contributed by atoms with Gasteiger partial charge in [0, 0.05) is 28.7 Å². The van der Waals surface area contributed by atoms with E-state index in [9.17, 15) is 4.79 Å². The minimum absolute atomic E-state index is 0.0585. The molecule has 0 aliphatic heterocycles. The highest BCUT2D eigenvalue weighted by molar-refractivity contribution is 7.80. The van der Waals surface area contributed by atoms with E-state index in [1.807, 2.05) is 31.2 Å². The van der Waals surface area contributed by atoms with E-state index in [4.69, 9.17) is 12.2 Å². The van der Waals surface area contributed by atoms with Gasteiger partial charge in [-0.2, -0.15) is 0 Å². The quantitative estimate of drug-likeness (QED) is 0.480. The third-order valence-corrected chi connectivity index (χ3v) is 6.07. The van der Waals surface area contributed by atoms with Crippen molar-refractivity contribution < 1.29 is 0 Å². The van der Waals surface area contributed by atoms with Crippen LogP contribution in [0.5, 0.6) is 0 Å². The number of thiocarbonyl (C=S) groups is 1. The van der Waals surface area contributed by atoms with Gasteiger partial charge in [-0.3, -0.25) is 4.79 Å². The van der Waals surface area contributed by atoms with E-state index in [0.29, 0.717) is 11.7 Å². The van der Waals surface area contributed by atoms with E-state index in [1.165, 1.54) is 5.56 Å². The van der Waals surface area contributed by atoms with Gasteiger partial charge in [0.1, 0.15) is 0 Å². The Balaban J connectivity index is 1.89. The summed E-state index contributed by atoms with van der Waals surface area (Å²) in [5.74, 6) is 0. The summed E-state index contributed by atoms with van der Waals surface area (Å²) in [5, 5.41) is 5.15. The second kappa shape index (κ2) is 10.7. The zero-order valence-electron chi connectivity index (χ0n) is 19.8. The number of benzene rings is 2. The number of anilines is 1. The minimum atomic E-state index is -0.0585. The zero-order valence-corrected chi connectivity index (χ0v) is 20.6. The number of nitrogens with zero attached hydrogens (tertiary/aromatic N) is 2. The van der Waals surface area contributed by atoms with Crippen molar-refractivity contribution in [3.05, 3.63) is 75.1 Å². The van der Waals surface area contributed by atoms with Gasteiger partial charge in [-0.15, -0.1) is 0 Å². The lowest BCUT2D eigenvalue weighted by molar-refractivity contribution is 0.346. The summed E-state index contributed by atoms with van der Waals surface area (Å²) in [6, 6.07) is 14.4. The van der Waals surface area contributed by atoms with Crippen molar-refractivity contribution in [2.45, 2.75) is 40.2 Å². The number of hydrogen-bond acceptors (Lipinski definition) is 3. The van der Waals surface area contributed by atoms with Gasteiger partial charge in [-0.05, 0) is 94.4 Å². The molecule has 3 rings (SSSR count). The van der Waals surface area contributed by atoms with Crippen molar-refractivity contribution in [2.75, 3.05) is 32.5 Å². The van der Waals surface area contributed by atoms with Crippen LogP contribution in [-0.4, -0.2) is 47.1 Å².